The number of aliphatic hydroxyl groups is 1. The zero-order chi connectivity index (χ0) is 14.5. The van der Waals surface area contributed by atoms with Crippen LogP contribution in [0.4, 0.5) is 5.69 Å². The molecule has 0 heterocycles. The lowest BCUT2D eigenvalue weighted by Gasteiger charge is -2.12. The van der Waals surface area contributed by atoms with Gasteiger partial charge in [-0.05, 0) is 39.7 Å². The lowest BCUT2D eigenvalue weighted by atomic mass is 10.2. The van der Waals surface area contributed by atoms with Gasteiger partial charge in [0.25, 0.3) is 5.69 Å². The van der Waals surface area contributed by atoms with Crippen molar-refractivity contribution in [2.75, 3.05) is 0 Å². The average Bonchev–Trinajstić information content (AvgIpc) is 2.46. The number of aliphatic hydroxyl groups excluding tert-OH is 1. The van der Waals surface area contributed by atoms with Crippen LogP contribution < -0.4 is 4.74 Å². The van der Waals surface area contributed by atoms with Crippen molar-refractivity contribution in [3.63, 3.8) is 0 Å². The third-order valence-electron chi connectivity index (χ3n) is 2.75. The van der Waals surface area contributed by atoms with Gasteiger partial charge in [-0.2, -0.15) is 0 Å². The molecule has 0 aliphatic heterocycles. The summed E-state index contributed by atoms with van der Waals surface area (Å²) in [6, 6.07) is 11.6. The Morgan fingerprint density at radius 1 is 1.20 bits per heavy atom. The Morgan fingerprint density at radius 2 is 1.90 bits per heavy atom. The van der Waals surface area contributed by atoms with Gasteiger partial charge in [0.1, 0.15) is 12.4 Å². The molecule has 0 radical (unpaired) electrons. The second kappa shape index (κ2) is 6.49. The summed E-state index contributed by atoms with van der Waals surface area (Å²) in [7, 11) is 0. The largest absolute Gasteiger partial charge is 0.487 e. The van der Waals surface area contributed by atoms with E-state index in [9.17, 15) is 15.2 Å². The Labute approximate surface area is 124 Å². The fraction of sp³-hybridized carbons (Fsp3) is 0.143. The summed E-state index contributed by atoms with van der Waals surface area (Å²) >= 11 is 3.37. The van der Waals surface area contributed by atoms with Crippen molar-refractivity contribution in [3.05, 3.63) is 68.2 Å². The number of hydrogen-bond acceptors (Lipinski definition) is 4. The van der Waals surface area contributed by atoms with E-state index in [4.69, 9.17) is 4.74 Å². The van der Waals surface area contributed by atoms with Crippen LogP contribution in [-0.2, 0) is 13.2 Å². The van der Waals surface area contributed by atoms with Crippen LogP contribution in [0.5, 0.6) is 5.75 Å². The van der Waals surface area contributed by atoms with Crippen LogP contribution in [0, 0.1) is 10.1 Å². The van der Waals surface area contributed by atoms with Crippen LogP contribution in [0.25, 0.3) is 0 Å². The predicted molar refractivity (Wildman–Crippen MR) is 77.5 cm³/mol. The van der Waals surface area contributed by atoms with Crippen molar-refractivity contribution < 1.29 is 14.8 Å². The minimum atomic E-state index is -0.442. The highest BCUT2D eigenvalue weighted by Gasteiger charge is 2.08. The van der Waals surface area contributed by atoms with E-state index >= 15 is 0 Å². The molecule has 2 rings (SSSR count). The number of ether oxygens (including phenoxy) is 1. The summed E-state index contributed by atoms with van der Waals surface area (Å²) in [5, 5.41) is 19.8. The third-order valence-corrected chi connectivity index (χ3v) is 3.37. The van der Waals surface area contributed by atoms with Crippen molar-refractivity contribution in [2.45, 2.75) is 13.2 Å². The van der Waals surface area contributed by atoms with E-state index in [0.717, 1.165) is 10.0 Å². The molecule has 1 N–H and O–H groups in total. The summed E-state index contributed by atoms with van der Waals surface area (Å²) in [6.07, 6.45) is 0. The van der Waals surface area contributed by atoms with Crippen LogP contribution in [0.1, 0.15) is 11.1 Å². The van der Waals surface area contributed by atoms with Crippen LogP contribution >= 0.6 is 15.9 Å². The Balaban J connectivity index is 2.11. The first-order valence-electron chi connectivity index (χ1n) is 5.86. The van der Waals surface area contributed by atoms with Gasteiger partial charge in [-0.3, -0.25) is 10.1 Å². The third kappa shape index (κ3) is 3.34. The van der Waals surface area contributed by atoms with Gasteiger partial charge in [-0.1, -0.05) is 12.1 Å². The van der Waals surface area contributed by atoms with Gasteiger partial charge in [0.05, 0.1) is 16.0 Å². The monoisotopic (exact) mass is 337 g/mol. The molecule has 5 nitrogen and oxygen atoms in total. The van der Waals surface area contributed by atoms with Crippen LogP contribution in [0.15, 0.2) is 46.9 Å². The van der Waals surface area contributed by atoms with Crippen molar-refractivity contribution >= 4 is 21.6 Å². The van der Waals surface area contributed by atoms with Crippen molar-refractivity contribution in [3.8, 4) is 5.75 Å². The molecular formula is C14H12BrNO4. The molecule has 2 aromatic carbocycles. The van der Waals surface area contributed by atoms with E-state index in [1.165, 1.54) is 12.1 Å². The zero-order valence-corrected chi connectivity index (χ0v) is 12.0. The Bertz CT molecular complexity index is 613. The summed E-state index contributed by atoms with van der Waals surface area (Å²) < 4.78 is 6.42. The number of non-ortho nitro benzene ring substituents is 1. The number of para-hydroxylation sites is 1. The van der Waals surface area contributed by atoms with Crippen LogP contribution in [-0.4, -0.2) is 10.0 Å². The van der Waals surface area contributed by atoms with E-state index in [-0.39, 0.29) is 18.9 Å². The summed E-state index contributed by atoms with van der Waals surface area (Å²) in [5.74, 6) is 0.577. The molecule has 0 bridgehead atoms. The van der Waals surface area contributed by atoms with Gasteiger partial charge in [-0.15, -0.1) is 0 Å². The number of nitro benzene ring substituents is 1. The lowest BCUT2D eigenvalue weighted by Crippen LogP contribution is -2.00. The second-order valence-corrected chi connectivity index (χ2v) is 4.95. The molecule has 0 fully saturated rings. The molecule has 0 spiro atoms. The molecule has 20 heavy (non-hydrogen) atoms. The fourth-order valence-electron chi connectivity index (χ4n) is 1.71. The van der Waals surface area contributed by atoms with E-state index in [1.807, 2.05) is 12.1 Å². The van der Waals surface area contributed by atoms with Gasteiger partial charge < -0.3 is 9.84 Å². The molecule has 0 amide bonds. The van der Waals surface area contributed by atoms with Gasteiger partial charge >= 0.3 is 0 Å². The van der Waals surface area contributed by atoms with Crippen LogP contribution in [0.3, 0.4) is 0 Å². The maximum atomic E-state index is 10.6. The van der Waals surface area contributed by atoms with E-state index in [0.29, 0.717) is 11.3 Å². The lowest BCUT2D eigenvalue weighted by molar-refractivity contribution is -0.384. The van der Waals surface area contributed by atoms with Gasteiger partial charge in [-0.25, -0.2) is 0 Å². The first-order chi connectivity index (χ1) is 9.61. The summed E-state index contributed by atoms with van der Waals surface area (Å²) in [6.45, 7) is 0.155. The number of halogens is 1. The maximum absolute atomic E-state index is 10.6. The minimum absolute atomic E-state index is 0.0469. The molecule has 0 saturated heterocycles. The second-order valence-electron chi connectivity index (χ2n) is 4.10. The molecule has 0 saturated carbocycles. The van der Waals surface area contributed by atoms with Crippen molar-refractivity contribution in [1.29, 1.82) is 0 Å². The standard InChI is InChI=1S/C14H12BrNO4/c15-13-3-1-2-11(8-17)14(13)20-9-10-4-6-12(7-5-10)16(18)19/h1-7,17H,8-9H2. The van der Waals surface area contributed by atoms with Gasteiger partial charge in [0.2, 0.25) is 0 Å². The number of benzene rings is 2. The molecular weight excluding hydrogens is 326 g/mol. The number of nitrogens with zero attached hydrogens (tertiary/aromatic N) is 1. The minimum Gasteiger partial charge on any atom is -0.487 e. The number of hydrogen-bond donors (Lipinski definition) is 1. The summed E-state index contributed by atoms with van der Waals surface area (Å²) in [4.78, 5) is 10.1. The normalized spacial score (nSPS) is 10.3. The van der Waals surface area contributed by atoms with E-state index < -0.39 is 4.92 Å². The average molecular weight is 338 g/mol. The van der Waals surface area contributed by atoms with Gasteiger partial charge in [0.15, 0.2) is 0 Å². The smallest absolute Gasteiger partial charge is 0.269 e. The first-order valence-corrected chi connectivity index (χ1v) is 6.65. The van der Waals surface area contributed by atoms with E-state index in [1.54, 1.807) is 18.2 Å². The fourth-order valence-corrected chi connectivity index (χ4v) is 2.23. The molecule has 0 aromatic heterocycles. The van der Waals surface area contributed by atoms with Crippen LogP contribution in [0.2, 0.25) is 0 Å². The molecule has 0 unspecified atom stereocenters. The molecule has 2 aromatic rings. The maximum Gasteiger partial charge on any atom is 0.269 e. The van der Waals surface area contributed by atoms with Crippen molar-refractivity contribution in [2.24, 2.45) is 0 Å². The number of nitro groups is 1. The Morgan fingerprint density at radius 3 is 2.50 bits per heavy atom. The molecule has 6 heteroatoms. The van der Waals surface area contributed by atoms with E-state index in [2.05, 4.69) is 15.9 Å². The Hall–Kier alpha value is -1.92. The SMILES string of the molecule is O=[N+]([O-])c1ccc(COc2c(Br)cccc2CO)cc1. The molecule has 0 aliphatic carbocycles. The zero-order valence-electron chi connectivity index (χ0n) is 10.5. The highest BCUT2D eigenvalue weighted by Crippen LogP contribution is 2.30. The molecule has 0 atom stereocenters. The van der Waals surface area contributed by atoms with Crippen molar-refractivity contribution in [1.82, 2.24) is 0 Å². The Kier molecular flexibility index (Phi) is 4.70. The topological polar surface area (TPSA) is 72.6 Å². The highest BCUT2D eigenvalue weighted by atomic mass is 79.9. The summed E-state index contributed by atoms with van der Waals surface area (Å²) in [5.41, 5.74) is 1.54. The highest BCUT2D eigenvalue weighted by molar-refractivity contribution is 9.10. The quantitative estimate of drug-likeness (QED) is 0.670. The first kappa shape index (κ1) is 14.5. The van der Waals surface area contributed by atoms with Gasteiger partial charge in [0, 0.05) is 17.7 Å². The molecule has 104 valence electrons. The predicted octanol–water partition coefficient (Wildman–Crippen LogP) is 3.43. The molecule has 0 aliphatic rings. The number of rotatable bonds is 5.